The van der Waals surface area contributed by atoms with Crippen LogP contribution in [0, 0.1) is 12.7 Å². The minimum Gasteiger partial charge on any atom is -0.370 e. The van der Waals surface area contributed by atoms with Crippen molar-refractivity contribution in [1.82, 2.24) is 5.32 Å². The number of aryl methyl sites for hydroxylation is 1. The molecule has 0 spiro atoms. The second-order valence-electron chi connectivity index (χ2n) is 7.24. The number of allylic oxidation sites excluding steroid dienone is 2. The van der Waals surface area contributed by atoms with Crippen LogP contribution in [0.15, 0.2) is 29.5 Å². The maximum Gasteiger partial charge on any atom is 0.161 e. The van der Waals surface area contributed by atoms with Crippen LogP contribution in [0.3, 0.4) is 0 Å². The molecule has 3 unspecified atom stereocenters. The second kappa shape index (κ2) is 5.38. The zero-order valence-electron chi connectivity index (χ0n) is 13.9. The van der Waals surface area contributed by atoms with Crippen molar-refractivity contribution < 1.29 is 22.7 Å². The zero-order chi connectivity index (χ0) is 18.0. The van der Waals surface area contributed by atoms with Gasteiger partial charge in [0.1, 0.15) is 11.1 Å². The average molecular weight is 365 g/mol. The number of hydrogen-bond acceptors (Lipinski definition) is 5. The minimum absolute atomic E-state index is 0.0850. The van der Waals surface area contributed by atoms with Crippen LogP contribution in [0.5, 0.6) is 0 Å². The van der Waals surface area contributed by atoms with Crippen LogP contribution in [0.1, 0.15) is 42.7 Å². The van der Waals surface area contributed by atoms with Gasteiger partial charge in [-0.1, -0.05) is 12.1 Å². The number of benzene rings is 1. The highest BCUT2D eigenvalue weighted by Gasteiger charge is 2.60. The van der Waals surface area contributed by atoms with Crippen LogP contribution in [-0.2, 0) is 14.6 Å². The highest BCUT2D eigenvalue weighted by Crippen LogP contribution is 2.49. The first kappa shape index (κ1) is 16.7. The molecule has 1 aromatic rings. The van der Waals surface area contributed by atoms with E-state index in [0.717, 1.165) is 0 Å². The number of sulfone groups is 1. The summed E-state index contributed by atoms with van der Waals surface area (Å²) in [5, 5.41) is 12.9. The van der Waals surface area contributed by atoms with E-state index >= 15 is 0 Å². The molecule has 0 radical (unpaired) electrons. The number of carbonyl (C=O) groups excluding carboxylic acids is 1. The van der Waals surface area contributed by atoms with Gasteiger partial charge in [-0.05, 0) is 37.0 Å². The van der Waals surface area contributed by atoms with Gasteiger partial charge in [0, 0.05) is 30.0 Å². The molecule has 2 heterocycles. The molecule has 134 valence electrons. The lowest BCUT2D eigenvalue weighted by atomic mass is 9.74. The van der Waals surface area contributed by atoms with E-state index in [0.29, 0.717) is 41.7 Å². The van der Waals surface area contributed by atoms with Crippen molar-refractivity contribution in [3.8, 4) is 0 Å². The number of ketones is 1. The van der Waals surface area contributed by atoms with E-state index in [1.54, 1.807) is 13.0 Å². The van der Waals surface area contributed by atoms with Gasteiger partial charge in [0.25, 0.3) is 0 Å². The van der Waals surface area contributed by atoms with Crippen LogP contribution >= 0.6 is 0 Å². The first-order valence-electron chi connectivity index (χ1n) is 8.47. The number of rotatable bonds is 1. The van der Waals surface area contributed by atoms with E-state index in [1.807, 2.05) is 0 Å². The molecule has 0 saturated carbocycles. The summed E-state index contributed by atoms with van der Waals surface area (Å²) in [6.45, 7) is 1.60. The Balaban J connectivity index is 1.97. The zero-order valence-corrected chi connectivity index (χ0v) is 14.7. The minimum atomic E-state index is -3.59. The Morgan fingerprint density at radius 3 is 2.80 bits per heavy atom. The fourth-order valence-corrected chi connectivity index (χ4v) is 6.78. The summed E-state index contributed by atoms with van der Waals surface area (Å²) in [5.74, 6) is -1.37. The SMILES string of the molecule is Cc1cc(C2C3=C(CCCC3=O)NC3(O)CCS(=O)(=O)C23)ccc1F. The summed E-state index contributed by atoms with van der Waals surface area (Å²) in [4.78, 5) is 12.6. The largest absolute Gasteiger partial charge is 0.370 e. The van der Waals surface area contributed by atoms with Gasteiger partial charge in [-0.15, -0.1) is 0 Å². The molecule has 0 bridgehead atoms. The van der Waals surface area contributed by atoms with E-state index in [2.05, 4.69) is 5.32 Å². The Labute approximate surface area is 145 Å². The Morgan fingerprint density at radius 2 is 2.08 bits per heavy atom. The summed E-state index contributed by atoms with van der Waals surface area (Å²) >= 11 is 0. The van der Waals surface area contributed by atoms with E-state index in [9.17, 15) is 22.7 Å². The Morgan fingerprint density at radius 1 is 1.32 bits per heavy atom. The van der Waals surface area contributed by atoms with Gasteiger partial charge >= 0.3 is 0 Å². The van der Waals surface area contributed by atoms with Crippen LogP contribution in [0.4, 0.5) is 4.39 Å². The number of halogens is 1. The molecule has 1 fully saturated rings. The van der Waals surface area contributed by atoms with Crippen molar-refractivity contribution >= 4 is 15.6 Å². The summed E-state index contributed by atoms with van der Waals surface area (Å²) in [7, 11) is -3.59. The first-order valence-corrected chi connectivity index (χ1v) is 10.2. The standard InChI is InChI=1S/C18H20FNO4S/c1-10-9-11(5-6-12(10)19)15-16-13(3-2-4-14(16)21)20-18(22)7-8-25(23,24)17(15)18/h5-6,9,15,17,20,22H,2-4,7-8H2,1H3. The Bertz CT molecular complexity index is 908. The third-order valence-corrected chi connectivity index (χ3v) is 7.81. The average Bonchev–Trinajstić information content (AvgIpc) is 2.78. The summed E-state index contributed by atoms with van der Waals surface area (Å²) in [5.41, 5.74) is 0.455. The molecule has 2 N–H and O–H groups in total. The number of aliphatic hydroxyl groups is 1. The summed E-state index contributed by atoms with van der Waals surface area (Å²) < 4.78 is 39.1. The lowest BCUT2D eigenvalue weighted by molar-refractivity contribution is -0.117. The lowest BCUT2D eigenvalue weighted by Gasteiger charge is -2.44. The van der Waals surface area contributed by atoms with Crippen molar-refractivity contribution in [1.29, 1.82) is 0 Å². The molecule has 7 heteroatoms. The summed E-state index contributed by atoms with van der Waals surface area (Å²) in [6, 6.07) is 4.41. The number of carbonyl (C=O) groups is 1. The quantitative estimate of drug-likeness (QED) is 0.792. The molecule has 4 rings (SSSR count). The lowest BCUT2D eigenvalue weighted by Crippen LogP contribution is -2.59. The predicted molar refractivity (Wildman–Crippen MR) is 90.0 cm³/mol. The summed E-state index contributed by atoms with van der Waals surface area (Å²) in [6.07, 6.45) is 1.73. The first-order chi connectivity index (χ1) is 11.7. The fourth-order valence-electron chi connectivity index (χ4n) is 4.45. The highest BCUT2D eigenvalue weighted by atomic mass is 32.2. The van der Waals surface area contributed by atoms with Crippen molar-refractivity contribution in [2.24, 2.45) is 0 Å². The third kappa shape index (κ3) is 2.44. The molecular formula is C18H20FNO4S. The van der Waals surface area contributed by atoms with Crippen LogP contribution < -0.4 is 5.32 Å². The van der Waals surface area contributed by atoms with Gasteiger partial charge in [0.2, 0.25) is 0 Å². The van der Waals surface area contributed by atoms with E-state index in [4.69, 9.17) is 0 Å². The molecule has 1 aliphatic carbocycles. The topological polar surface area (TPSA) is 83.5 Å². The Kier molecular flexibility index (Phi) is 3.60. The van der Waals surface area contributed by atoms with Gasteiger partial charge in [0.15, 0.2) is 21.3 Å². The van der Waals surface area contributed by atoms with Crippen LogP contribution in [0.2, 0.25) is 0 Å². The predicted octanol–water partition coefficient (Wildman–Crippen LogP) is 1.70. The third-order valence-electron chi connectivity index (χ3n) is 5.60. The van der Waals surface area contributed by atoms with Crippen LogP contribution in [-0.4, -0.2) is 36.0 Å². The molecule has 1 aromatic carbocycles. The molecule has 2 aliphatic heterocycles. The maximum absolute atomic E-state index is 13.7. The molecule has 3 aliphatic rings. The maximum atomic E-state index is 13.7. The van der Waals surface area contributed by atoms with E-state index in [-0.39, 0.29) is 23.8 Å². The van der Waals surface area contributed by atoms with Crippen molar-refractivity contribution in [3.05, 3.63) is 46.4 Å². The van der Waals surface area contributed by atoms with Gasteiger partial charge in [-0.3, -0.25) is 4.79 Å². The smallest absolute Gasteiger partial charge is 0.161 e. The van der Waals surface area contributed by atoms with Crippen molar-refractivity contribution in [2.75, 3.05) is 5.75 Å². The molecule has 3 atom stereocenters. The van der Waals surface area contributed by atoms with Crippen LogP contribution in [0.25, 0.3) is 0 Å². The van der Waals surface area contributed by atoms with Gasteiger partial charge in [-0.25, -0.2) is 12.8 Å². The molecular weight excluding hydrogens is 345 g/mol. The van der Waals surface area contributed by atoms with Crippen molar-refractivity contribution in [3.63, 3.8) is 0 Å². The number of hydrogen-bond donors (Lipinski definition) is 2. The number of Topliss-reactive ketones (excluding diaryl/α,β-unsaturated/α-hetero) is 1. The molecule has 1 saturated heterocycles. The van der Waals surface area contributed by atoms with E-state index < -0.39 is 26.7 Å². The Hall–Kier alpha value is -1.73. The second-order valence-corrected chi connectivity index (χ2v) is 9.48. The number of nitrogens with one attached hydrogen (secondary N) is 1. The van der Waals surface area contributed by atoms with Gasteiger partial charge in [-0.2, -0.15) is 0 Å². The van der Waals surface area contributed by atoms with Gasteiger partial charge in [0.05, 0.1) is 5.75 Å². The molecule has 25 heavy (non-hydrogen) atoms. The molecule has 0 aromatic heterocycles. The monoisotopic (exact) mass is 365 g/mol. The van der Waals surface area contributed by atoms with E-state index in [1.165, 1.54) is 12.1 Å². The number of fused-ring (bicyclic) bond motifs is 1. The molecule has 5 nitrogen and oxygen atoms in total. The van der Waals surface area contributed by atoms with Gasteiger partial charge < -0.3 is 10.4 Å². The normalized spacial score (nSPS) is 33.6. The molecule has 0 amide bonds. The fraction of sp³-hybridized carbons (Fsp3) is 0.500. The van der Waals surface area contributed by atoms with Crippen molar-refractivity contribution in [2.45, 2.75) is 49.5 Å². The highest BCUT2D eigenvalue weighted by molar-refractivity contribution is 7.92.